The fourth-order valence-corrected chi connectivity index (χ4v) is 2.08. The normalized spacial score (nSPS) is 10.5. The quantitative estimate of drug-likeness (QED) is 0.187. The molecule has 0 saturated heterocycles. The Morgan fingerprint density at radius 2 is 1.71 bits per heavy atom. The van der Waals surface area contributed by atoms with Crippen LogP contribution in [0.4, 0.5) is 5.95 Å². The molecule has 0 atom stereocenters. The lowest BCUT2D eigenvalue weighted by Crippen LogP contribution is -1.94. The number of imidazole rings is 2. The van der Waals surface area contributed by atoms with Crippen molar-refractivity contribution in [2.75, 3.05) is 5.73 Å². The van der Waals surface area contributed by atoms with Crippen LogP contribution in [0.15, 0.2) is 24.0 Å². The summed E-state index contributed by atoms with van der Waals surface area (Å²) in [6.07, 6.45) is 4.53. The molecule has 0 aliphatic heterocycles. The van der Waals surface area contributed by atoms with Crippen molar-refractivity contribution < 1.29 is 0 Å². The van der Waals surface area contributed by atoms with E-state index in [0.717, 1.165) is 5.52 Å². The molecule has 21 heavy (non-hydrogen) atoms. The van der Waals surface area contributed by atoms with Crippen molar-refractivity contribution in [3.05, 3.63) is 23.6 Å². The molecule has 4 rings (SSSR count). The van der Waals surface area contributed by atoms with E-state index in [1.165, 1.54) is 12.7 Å². The van der Waals surface area contributed by atoms with E-state index in [9.17, 15) is 0 Å². The molecule has 0 fully saturated rings. The van der Waals surface area contributed by atoms with E-state index in [1.807, 2.05) is 0 Å². The Kier molecular flexibility index (Phi) is 3.50. The highest BCUT2D eigenvalue weighted by Gasteiger charge is 2.00. The molecule has 11 heteroatoms. The van der Waals surface area contributed by atoms with Crippen LogP contribution in [0.2, 0.25) is 0 Å². The Morgan fingerprint density at radius 3 is 2.48 bits per heavy atom. The highest BCUT2D eigenvalue weighted by atomic mass is 32.1. The Morgan fingerprint density at radius 1 is 1.00 bits per heavy atom. The summed E-state index contributed by atoms with van der Waals surface area (Å²) in [7, 11) is 0. The minimum atomic E-state index is 0.287. The maximum Gasteiger partial charge on any atom is 0.200 e. The Bertz CT molecular complexity index is 954. The molecular formula is C10H9N9S2. The molecule has 0 saturated carbocycles. The van der Waals surface area contributed by atoms with E-state index in [4.69, 9.17) is 18.0 Å². The molecule has 0 aliphatic rings. The van der Waals surface area contributed by atoms with Crippen LogP contribution >= 0.6 is 24.8 Å². The molecule has 4 aromatic rings. The summed E-state index contributed by atoms with van der Waals surface area (Å²) in [5.74, 6) is 0.287. The number of H-pyrrole nitrogens is 3. The van der Waals surface area contributed by atoms with E-state index in [1.54, 1.807) is 6.33 Å². The second kappa shape index (κ2) is 5.46. The van der Waals surface area contributed by atoms with Crippen molar-refractivity contribution in [1.82, 2.24) is 39.9 Å². The number of nitrogens with zero attached hydrogens (tertiary/aromatic N) is 5. The first-order valence-electron chi connectivity index (χ1n) is 5.67. The highest BCUT2D eigenvalue weighted by Crippen LogP contribution is 2.11. The van der Waals surface area contributed by atoms with Gasteiger partial charge in [0.05, 0.1) is 12.7 Å². The number of thiol groups is 1. The third kappa shape index (κ3) is 2.68. The van der Waals surface area contributed by atoms with Crippen LogP contribution in [-0.2, 0) is 0 Å². The largest absolute Gasteiger partial charge is 0.369 e. The number of nitrogens with one attached hydrogen (secondary N) is 3. The molecule has 0 bridgehead atoms. The van der Waals surface area contributed by atoms with Gasteiger partial charge in [-0.25, -0.2) is 19.9 Å². The minimum Gasteiger partial charge on any atom is -0.369 e. The van der Waals surface area contributed by atoms with Gasteiger partial charge in [-0.1, -0.05) is 12.2 Å². The molecular weight excluding hydrogens is 310 g/mol. The molecule has 9 nitrogen and oxygen atoms in total. The first-order valence-corrected chi connectivity index (χ1v) is 6.52. The molecule has 0 unspecified atom stereocenters. The van der Waals surface area contributed by atoms with Gasteiger partial charge in [0.25, 0.3) is 0 Å². The number of anilines is 1. The monoisotopic (exact) mass is 319 g/mol. The average molecular weight is 319 g/mol. The number of nitrogen functional groups attached to an aromatic ring is 1. The van der Waals surface area contributed by atoms with Crippen molar-refractivity contribution in [3.63, 3.8) is 0 Å². The maximum atomic E-state index is 5.40. The molecule has 5 N–H and O–H groups in total. The molecule has 4 aromatic heterocycles. The number of hydrogen-bond acceptors (Lipinski definition) is 8. The van der Waals surface area contributed by atoms with Crippen molar-refractivity contribution in [2.24, 2.45) is 0 Å². The second-order valence-electron chi connectivity index (χ2n) is 3.85. The number of aromatic amines is 3. The predicted octanol–water partition coefficient (Wildman–Crippen LogP) is 1.24. The predicted molar refractivity (Wildman–Crippen MR) is 82.4 cm³/mol. The number of aromatic nitrogens is 8. The molecule has 0 amide bonds. The summed E-state index contributed by atoms with van der Waals surface area (Å²) in [6, 6.07) is 0. The van der Waals surface area contributed by atoms with Gasteiger partial charge in [-0.2, -0.15) is 4.98 Å². The zero-order chi connectivity index (χ0) is 14.8. The van der Waals surface area contributed by atoms with Gasteiger partial charge in [0.1, 0.15) is 27.0 Å². The van der Waals surface area contributed by atoms with Crippen molar-refractivity contribution in [3.8, 4) is 0 Å². The summed E-state index contributed by atoms with van der Waals surface area (Å²) in [6.45, 7) is 0. The summed E-state index contributed by atoms with van der Waals surface area (Å²) in [5.41, 5.74) is 8.10. The fourth-order valence-electron chi connectivity index (χ4n) is 1.61. The second-order valence-corrected chi connectivity index (χ2v) is 4.68. The zero-order valence-electron chi connectivity index (χ0n) is 10.4. The van der Waals surface area contributed by atoms with Crippen LogP contribution in [0.3, 0.4) is 0 Å². The molecule has 0 radical (unpaired) electrons. The Hall–Kier alpha value is -2.53. The lowest BCUT2D eigenvalue weighted by Gasteiger charge is -1.91. The van der Waals surface area contributed by atoms with Crippen LogP contribution in [0.1, 0.15) is 0 Å². The summed E-state index contributed by atoms with van der Waals surface area (Å²) >= 11 is 9.04. The first kappa shape index (κ1) is 13.5. The third-order valence-corrected chi connectivity index (χ3v) is 3.16. The number of fused-ring (bicyclic) bond motifs is 2. The average Bonchev–Trinajstić information content (AvgIpc) is 3.08. The summed E-state index contributed by atoms with van der Waals surface area (Å²) < 4.78 is 0.532. The number of nitrogens with two attached hydrogens (primary N) is 1. The smallest absolute Gasteiger partial charge is 0.200 e. The van der Waals surface area contributed by atoms with Gasteiger partial charge < -0.3 is 20.7 Å². The van der Waals surface area contributed by atoms with E-state index in [0.29, 0.717) is 26.5 Å². The van der Waals surface area contributed by atoms with E-state index >= 15 is 0 Å². The highest BCUT2D eigenvalue weighted by molar-refractivity contribution is 7.80. The van der Waals surface area contributed by atoms with Crippen LogP contribution in [0, 0.1) is 4.64 Å². The van der Waals surface area contributed by atoms with Gasteiger partial charge in [0.15, 0.2) is 11.3 Å². The van der Waals surface area contributed by atoms with Crippen LogP contribution < -0.4 is 5.73 Å². The van der Waals surface area contributed by atoms with Crippen molar-refractivity contribution >= 4 is 53.1 Å². The molecule has 106 valence electrons. The van der Waals surface area contributed by atoms with E-state index < -0.39 is 0 Å². The molecule has 0 spiro atoms. The Labute approximate surface area is 127 Å². The lowest BCUT2D eigenvalue weighted by atomic mass is 10.6. The molecule has 0 aromatic carbocycles. The zero-order valence-corrected chi connectivity index (χ0v) is 12.1. The third-order valence-electron chi connectivity index (χ3n) is 2.52. The van der Waals surface area contributed by atoms with Gasteiger partial charge in [0.2, 0.25) is 5.95 Å². The fraction of sp³-hybridized carbons (Fsp3) is 0. The maximum absolute atomic E-state index is 5.40. The van der Waals surface area contributed by atoms with Gasteiger partial charge in [-0.15, -0.1) is 12.6 Å². The summed E-state index contributed by atoms with van der Waals surface area (Å²) in [5, 5.41) is 0.627. The van der Waals surface area contributed by atoms with Crippen molar-refractivity contribution in [2.45, 2.75) is 5.03 Å². The van der Waals surface area contributed by atoms with Crippen LogP contribution in [0.25, 0.3) is 22.3 Å². The molecule has 4 heterocycles. The summed E-state index contributed by atoms with van der Waals surface area (Å²) in [4.78, 5) is 27.9. The van der Waals surface area contributed by atoms with Crippen molar-refractivity contribution in [1.29, 1.82) is 0 Å². The number of hydrogen-bond donors (Lipinski definition) is 5. The van der Waals surface area contributed by atoms with E-state index in [2.05, 4.69) is 52.5 Å². The SMILES string of the molecule is Nc1nc2nc[nH]c2c(=S)[nH]1.Sc1ncnc2nc[nH]c12. The van der Waals surface area contributed by atoms with Gasteiger partial charge >= 0.3 is 0 Å². The van der Waals surface area contributed by atoms with E-state index in [-0.39, 0.29) is 5.95 Å². The topological polar surface area (TPSA) is 138 Å². The molecule has 0 aliphatic carbocycles. The Balaban J connectivity index is 0.000000126. The van der Waals surface area contributed by atoms with Gasteiger partial charge in [-0.05, 0) is 0 Å². The number of rotatable bonds is 0. The minimum absolute atomic E-state index is 0.287. The first-order chi connectivity index (χ1) is 10.1. The van der Waals surface area contributed by atoms with Gasteiger partial charge in [-0.3, -0.25) is 0 Å². The van der Waals surface area contributed by atoms with Gasteiger partial charge in [0, 0.05) is 0 Å². The van der Waals surface area contributed by atoms with Crippen LogP contribution in [-0.4, -0.2) is 39.9 Å². The van der Waals surface area contributed by atoms with Crippen LogP contribution in [0.5, 0.6) is 0 Å². The lowest BCUT2D eigenvalue weighted by molar-refractivity contribution is 1.09. The standard InChI is InChI=1S/C5H5N5S.C5H4N4S/c6-5-9-3-2(4(11)10-5)7-1-8-3;10-5-3-4(7-1-6-3)8-2-9-5/h1H,(H4,6,7,8,9,10,11);1-2H,(H2,6,7,8,9,10).